The van der Waals surface area contributed by atoms with Gasteiger partial charge in [-0.15, -0.1) is 0 Å². The Labute approximate surface area is 213 Å². The molecule has 3 rings (SSSR count). The maximum Gasteiger partial charge on any atom is 0.407 e. The second-order valence-corrected chi connectivity index (χ2v) is 9.99. The number of alkyl carbamates (subject to hydrolysis) is 1. The first-order valence-corrected chi connectivity index (χ1v) is 12.0. The van der Waals surface area contributed by atoms with Gasteiger partial charge < -0.3 is 30.3 Å². The predicted molar refractivity (Wildman–Crippen MR) is 134 cm³/mol. The Morgan fingerprint density at radius 3 is 2.59 bits per heavy atom. The number of benzene rings is 1. The summed E-state index contributed by atoms with van der Waals surface area (Å²) >= 11 is 0. The van der Waals surface area contributed by atoms with Gasteiger partial charge >= 0.3 is 11.8 Å². The number of hydrogen-bond acceptors (Lipinski definition) is 8. The van der Waals surface area contributed by atoms with Crippen LogP contribution < -0.4 is 26.6 Å². The number of aromatic amines is 1. The highest BCUT2D eigenvalue weighted by Gasteiger charge is 2.39. The van der Waals surface area contributed by atoms with Crippen LogP contribution in [0.2, 0.25) is 0 Å². The molecule has 1 aromatic heterocycles. The molecule has 12 heteroatoms. The smallest absolute Gasteiger partial charge is 0.407 e. The monoisotopic (exact) mass is 518 g/mol. The third kappa shape index (κ3) is 7.43. The second-order valence-electron chi connectivity index (χ2n) is 9.99. The summed E-state index contributed by atoms with van der Waals surface area (Å²) in [6, 6.07) is 4.91. The van der Waals surface area contributed by atoms with Gasteiger partial charge in [0.05, 0.1) is 18.6 Å². The second kappa shape index (κ2) is 11.6. The number of aromatic nitrogens is 2. The maximum atomic E-state index is 12.8. The lowest BCUT2D eigenvalue weighted by Gasteiger charge is -2.38. The zero-order valence-electron chi connectivity index (χ0n) is 21.3. The molecule has 0 spiro atoms. The molecule has 12 nitrogen and oxygen atoms in total. The first kappa shape index (κ1) is 27.9. The lowest BCUT2D eigenvalue weighted by atomic mass is 9.85. The first-order chi connectivity index (χ1) is 17.4. The van der Waals surface area contributed by atoms with Crippen molar-refractivity contribution in [3.05, 3.63) is 62.4 Å². The number of rotatable bonds is 7. The van der Waals surface area contributed by atoms with Crippen LogP contribution in [0.5, 0.6) is 5.75 Å². The van der Waals surface area contributed by atoms with Crippen LogP contribution in [0.3, 0.4) is 0 Å². The van der Waals surface area contributed by atoms with E-state index >= 15 is 0 Å². The fourth-order valence-electron chi connectivity index (χ4n) is 4.07. The highest BCUT2D eigenvalue weighted by molar-refractivity contribution is 5.94. The fraction of sp³-hybridized carbons (Fsp3) is 0.520. The van der Waals surface area contributed by atoms with E-state index < -0.39 is 53.1 Å². The molecule has 202 valence electrons. The van der Waals surface area contributed by atoms with E-state index in [2.05, 4.69) is 15.6 Å². The summed E-state index contributed by atoms with van der Waals surface area (Å²) in [5.41, 5.74) is -1.20. The highest BCUT2D eigenvalue weighted by Crippen LogP contribution is 2.29. The molecule has 1 aliphatic carbocycles. The van der Waals surface area contributed by atoms with Crippen LogP contribution >= 0.6 is 0 Å². The summed E-state index contributed by atoms with van der Waals surface area (Å²) in [6.45, 7) is 7.19. The molecule has 1 aromatic carbocycles. The lowest BCUT2D eigenvalue weighted by molar-refractivity contribution is -0.0570. The van der Waals surface area contributed by atoms with Crippen molar-refractivity contribution in [2.45, 2.75) is 70.4 Å². The summed E-state index contributed by atoms with van der Waals surface area (Å²) in [5.74, 6) is -0.0557. The van der Waals surface area contributed by atoms with Gasteiger partial charge in [-0.25, -0.2) is 9.59 Å². The Morgan fingerprint density at radius 2 is 1.89 bits per heavy atom. The summed E-state index contributed by atoms with van der Waals surface area (Å²) in [5, 5.41) is 26.7. The van der Waals surface area contributed by atoms with E-state index in [1.54, 1.807) is 45.9 Å². The van der Waals surface area contributed by atoms with E-state index in [-0.39, 0.29) is 18.7 Å². The van der Waals surface area contributed by atoms with Gasteiger partial charge in [0, 0.05) is 17.3 Å². The molecule has 0 radical (unpaired) electrons. The number of hydrogen-bond donors (Lipinski definition) is 5. The molecule has 0 unspecified atom stereocenters. The standard InChI is InChI=1S/C25H34N4O8/c1-14-13-29(23(34)28-21(14)32)18-9-8-17(19(30)20(18)31)27-22(33)15-6-5-7-16(12-15)36-11-10-26-24(35)37-25(2,3)4/h5-7,12-13,17-20,30-31H,8-11H2,1-4H3,(H,26,35)(H,27,33)(H,28,32,34)/t17-,18-,19-,20-/m1/s1. The van der Waals surface area contributed by atoms with Crippen LogP contribution in [-0.2, 0) is 4.74 Å². The number of amides is 2. The van der Waals surface area contributed by atoms with E-state index in [4.69, 9.17) is 9.47 Å². The summed E-state index contributed by atoms with van der Waals surface area (Å²) < 4.78 is 12.0. The van der Waals surface area contributed by atoms with Gasteiger partial charge in [-0.2, -0.15) is 0 Å². The number of H-pyrrole nitrogens is 1. The van der Waals surface area contributed by atoms with Gasteiger partial charge in [-0.05, 0) is 58.7 Å². The molecule has 1 aliphatic rings. The lowest BCUT2D eigenvalue weighted by Crippen LogP contribution is -2.55. The number of carbonyl (C=O) groups excluding carboxylic acids is 2. The largest absolute Gasteiger partial charge is 0.492 e. The average molecular weight is 519 g/mol. The Bertz CT molecular complexity index is 1230. The van der Waals surface area contributed by atoms with Crippen molar-refractivity contribution in [2.24, 2.45) is 0 Å². The van der Waals surface area contributed by atoms with Crippen LogP contribution in [-0.4, -0.2) is 68.8 Å². The van der Waals surface area contributed by atoms with Crippen LogP contribution in [0.4, 0.5) is 4.79 Å². The quantitative estimate of drug-likeness (QED) is 0.332. The summed E-state index contributed by atoms with van der Waals surface area (Å²) in [7, 11) is 0. The molecule has 1 heterocycles. The minimum absolute atomic E-state index is 0.156. The number of aryl methyl sites for hydroxylation is 1. The topological polar surface area (TPSA) is 172 Å². The zero-order valence-corrected chi connectivity index (χ0v) is 21.3. The Kier molecular flexibility index (Phi) is 8.77. The SMILES string of the molecule is Cc1cn([C@@H]2CC[C@@H](NC(=O)c3cccc(OCCNC(=O)OC(C)(C)C)c3)[C@@H](O)[C@@H]2O)c(=O)[nH]c1=O. The van der Waals surface area contributed by atoms with Gasteiger partial charge in [0.25, 0.3) is 11.5 Å². The van der Waals surface area contributed by atoms with Crippen LogP contribution in [0.25, 0.3) is 0 Å². The van der Waals surface area contributed by atoms with Gasteiger partial charge in [0.1, 0.15) is 30.2 Å². The summed E-state index contributed by atoms with van der Waals surface area (Å²) in [6.07, 6.45) is -1.28. The number of aliphatic hydroxyl groups excluding tert-OH is 2. The van der Waals surface area contributed by atoms with Gasteiger partial charge in [0.2, 0.25) is 0 Å². The van der Waals surface area contributed by atoms with Crippen LogP contribution in [0.1, 0.15) is 55.6 Å². The van der Waals surface area contributed by atoms with Gasteiger partial charge in [-0.1, -0.05) is 6.07 Å². The number of carbonyl (C=O) groups is 2. The predicted octanol–water partition coefficient (Wildman–Crippen LogP) is 0.604. The number of aliphatic hydroxyl groups is 2. The minimum atomic E-state index is -1.34. The van der Waals surface area contributed by atoms with Crippen molar-refractivity contribution in [2.75, 3.05) is 13.2 Å². The van der Waals surface area contributed by atoms with E-state index in [0.717, 1.165) is 0 Å². The Morgan fingerprint density at radius 1 is 1.16 bits per heavy atom. The molecule has 0 bridgehead atoms. The fourth-order valence-corrected chi connectivity index (χ4v) is 4.07. The summed E-state index contributed by atoms with van der Waals surface area (Å²) in [4.78, 5) is 50.6. The minimum Gasteiger partial charge on any atom is -0.492 e. The number of nitrogens with one attached hydrogen (secondary N) is 3. The third-order valence-corrected chi connectivity index (χ3v) is 5.88. The van der Waals surface area contributed by atoms with Crippen molar-refractivity contribution >= 4 is 12.0 Å². The van der Waals surface area contributed by atoms with Crippen molar-refractivity contribution < 1.29 is 29.3 Å². The molecule has 0 saturated heterocycles. The van der Waals surface area contributed by atoms with Gasteiger partial charge in [-0.3, -0.25) is 19.1 Å². The number of ether oxygens (including phenoxy) is 2. The molecule has 1 saturated carbocycles. The van der Waals surface area contributed by atoms with E-state index in [0.29, 0.717) is 24.2 Å². The average Bonchev–Trinajstić information content (AvgIpc) is 2.81. The molecule has 5 N–H and O–H groups in total. The Balaban J connectivity index is 1.55. The van der Waals surface area contributed by atoms with Crippen molar-refractivity contribution in [1.29, 1.82) is 0 Å². The molecule has 4 atom stereocenters. The maximum absolute atomic E-state index is 12.8. The molecular formula is C25H34N4O8. The molecule has 2 aromatic rings. The molecule has 37 heavy (non-hydrogen) atoms. The molecular weight excluding hydrogens is 484 g/mol. The molecule has 1 fully saturated rings. The molecule has 2 amide bonds. The highest BCUT2D eigenvalue weighted by atomic mass is 16.6. The van der Waals surface area contributed by atoms with Crippen LogP contribution in [0.15, 0.2) is 40.1 Å². The third-order valence-electron chi connectivity index (χ3n) is 5.88. The Hall–Kier alpha value is -3.64. The van der Waals surface area contributed by atoms with Gasteiger partial charge in [0.15, 0.2) is 0 Å². The van der Waals surface area contributed by atoms with E-state index in [1.807, 2.05) is 0 Å². The normalized spacial score (nSPS) is 21.7. The van der Waals surface area contributed by atoms with Crippen molar-refractivity contribution in [1.82, 2.24) is 20.2 Å². The van der Waals surface area contributed by atoms with E-state index in [1.165, 1.54) is 16.8 Å². The van der Waals surface area contributed by atoms with Crippen molar-refractivity contribution in [3.63, 3.8) is 0 Å². The van der Waals surface area contributed by atoms with Crippen molar-refractivity contribution in [3.8, 4) is 5.75 Å². The first-order valence-electron chi connectivity index (χ1n) is 12.0. The van der Waals surface area contributed by atoms with Crippen LogP contribution in [0, 0.1) is 6.92 Å². The zero-order chi connectivity index (χ0) is 27.3. The van der Waals surface area contributed by atoms with E-state index in [9.17, 15) is 29.4 Å². The number of nitrogens with zero attached hydrogens (tertiary/aromatic N) is 1. The molecule has 0 aliphatic heterocycles.